The molecule has 1 fully saturated rings. The lowest BCUT2D eigenvalue weighted by Gasteiger charge is -2.31. The smallest absolute Gasteiger partial charge is 0.409 e. The van der Waals surface area contributed by atoms with Crippen LogP contribution in [-0.4, -0.2) is 47.7 Å². The highest BCUT2D eigenvalue weighted by Crippen LogP contribution is 2.14. The Morgan fingerprint density at radius 1 is 1.35 bits per heavy atom. The van der Waals surface area contributed by atoms with Gasteiger partial charge in [-0.1, -0.05) is 19.9 Å². The number of likely N-dealkylation sites (tertiary alicyclic amines) is 1. The van der Waals surface area contributed by atoms with Crippen molar-refractivity contribution >= 4 is 12.0 Å². The van der Waals surface area contributed by atoms with Gasteiger partial charge in [-0.15, -0.1) is 0 Å². The molecule has 0 atom stereocenters. The number of benzene rings is 1. The predicted octanol–water partition coefficient (Wildman–Crippen LogP) is 2.38. The molecule has 2 amide bonds. The summed E-state index contributed by atoms with van der Waals surface area (Å²) in [6.07, 6.45) is 1.11. The molecule has 1 aromatic rings. The van der Waals surface area contributed by atoms with Crippen molar-refractivity contribution < 1.29 is 19.4 Å². The number of hydrogen-bond donors (Lipinski definition) is 2. The second kappa shape index (κ2) is 7.85. The summed E-state index contributed by atoms with van der Waals surface area (Å²) in [4.78, 5) is 25.7. The number of carbonyl (C=O) groups excluding carboxylic acids is 2. The first-order valence-electron chi connectivity index (χ1n) is 7.97. The van der Waals surface area contributed by atoms with Crippen molar-refractivity contribution in [1.82, 2.24) is 10.2 Å². The summed E-state index contributed by atoms with van der Waals surface area (Å²) in [5.74, 6) is 0.181. The monoisotopic (exact) mass is 320 g/mol. The molecular weight excluding hydrogens is 296 g/mol. The first-order chi connectivity index (χ1) is 11.0. The van der Waals surface area contributed by atoms with E-state index in [-0.39, 0.29) is 23.8 Å². The van der Waals surface area contributed by atoms with E-state index in [1.807, 2.05) is 13.8 Å². The van der Waals surface area contributed by atoms with Gasteiger partial charge in [-0.2, -0.15) is 0 Å². The number of rotatable bonds is 4. The van der Waals surface area contributed by atoms with Gasteiger partial charge < -0.3 is 20.1 Å². The third kappa shape index (κ3) is 5.16. The minimum absolute atomic E-state index is 0.0268. The molecule has 126 valence electrons. The van der Waals surface area contributed by atoms with Gasteiger partial charge >= 0.3 is 6.09 Å². The van der Waals surface area contributed by atoms with Crippen molar-refractivity contribution in [3.63, 3.8) is 0 Å². The molecule has 1 aliphatic rings. The topological polar surface area (TPSA) is 78.9 Å². The summed E-state index contributed by atoms with van der Waals surface area (Å²) in [5.41, 5.74) is 0.434. The molecule has 1 heterocycles. The zero-order valence-corrected chi connectivity index (χ0v) is 13.6. The minimum Gasteiger partial charge on any atom is -0.508 e. The average molecular weight is 320 g/mol. The maximum Gasteiger partial charge on any atom is 0.409 e. The van der Waals surface area contributed by atoms with Crippen LogP contribution in [0.5, 0.6) is 5.75 Å². The number of nitrogens with zero attached hydrogens (tertiary/aromatic N) is 1. The molecule has 0 saturated carbocycles. The van der Waals surface area contributed by atoms with Gasteiger partial charge in [0.05, 0.1) is 6.61 Å². The zero-order chi connectivity index (χ0) is 16.8. The molecule has 0 radical (unpaired) electrons. The number of aromatic hydroxyl groups is 1. The Morgan fingerprint density at radius 2 is 2.04 bits per heavy atom. The van der Waals surface area contributed by atoms with E-state index in [0.29, 0.717) is 44.0 Å². The quantitative estimate of drug-likeness (QED) is 0.893. The maximum absolute atomic E-state index is 12.1. The normalized spacial score (nSPS) is 15.5. The molecule has 23 heavy (non-hydrogen) atoms. The van der Waals surface area contributed by atoms with Crippen LogP contribution in [0.1, 0.15) is 37.0 Å². The molecule has 0 aromatic heterocycles. The van der Waals surface area contributed by atoms with Crippen LogP contribution in [0.15, 0.2) is 24.3 Å². The van der Waals surface area contributed by atoms with Crippen LogP contribution >= 0.6 is 0 Å². The van der Waals surface area contributed by atoms with Crippen LogP contribution in [0, 0.1) is 5.92 Å². The second-order valence-electron chi connectivity index (χ2n) is 6.26. The van der Waals surface area contributed by atoms with E-state index in [0.717, 1.165) is 0 Å². The Morgan fingerprint density at radius 3 is 2.65 bits per heavy atom. The molecular formula is C17H24N2O4. The van der Waals surface area contributed by atoms with Gasteiger partial charge in [-0.25, -0.2) is 4.79 Å². The van der Waals surface area contributed by atoms with Crippen LogP contribution in [0.3, 0.4) is 0 Å². The highest BCUT2D eigenvalue weighted by molar-refractivity contribution is 5.94. The zero-order valence-electron chi connectivity index (χ0n) is 13.6. The Hall–Kier alpha value is -2.24. The lowest BCUT2D eigenvalue weighted by molar-refractivity contribution is 0.0785. The fraction of sp³-hybridized carbons (Fsp3) is 0.529. The number of hydrogen-bond acceptors (Lipinski definition) is 4. The molecule has 0 bridgehead atoms. The molecule has 0 spiro atoms. The lowest BCUT2D eigenvalue weighted by atomic mass is 10.0. The van der Waals surface area contributed by atoms with Gasteiger partial charge in [0.1, 0.15) is 5.75 Å². The van der Waals surface area contributed by atoms with Gasteiger partial charge in [0.2, 0.25) is 0 Å². The van der Waals surface area contributed by atoms with E-state index in [2.05, 4.69) is 5.32 Å². The molecule has 2 rings (SSSR count). The minimum atomic E-state index is -0.281. The average Bonchev–Trinajstić information content (AvgIpc) is 2.53. The third-order valence-electron chi connectivity index (χ3n) is 3.74. The molecule has 0 unspecified atom stereocenters. The number of nitrogens with one attached hydrogen (secondary N) is 1. The summed E-state index contributed by atoms with van der Waals surface area (Å²) in [7, 11) is 0. The first kappa shape index (κ1) is 17.1. The van der Waals surface area contributed by atoms with E-state index >= 15 is 0 Å². The number of amides is 2. The Kier molecular flexibility index (Phi) is 5.84. The van der Waals surface area contributed by atoms with Crippen LogP contribution in [0.2, 0.25) is 0 Å². The molecule has 6 heteroatoms. The van der Waals surface area contributed by atoms with Gasteiger partial charge in [-0.05, 0) is 37.0 Å². The van der Waals surface area contributed by atoms with E-state index in [1.54, 1.807) is 17.0 Å². The van der Waals surface area contributed by atoms with Crippen molar-refractivity contribution in [3.8, 4) is 5.75 Å². The predicted molar refractivity (Wildman–Crippen MR) is 86.4 cm³/mol. The highest BCUT2D eigenvalue weighted by atomic mass is 16.6. The van der Waals surface area contributed by atoms with Gasteiger partial charge in [0, 0.05) is 24.7 Å². The summed E-state index contributed by atoms with van der Waals surface area (Å²) in [6.45, 7) is 5.56. The summed E-state index contributed by atoms with van der Waals surface area (Å²) < 4.78 is 5.21. The van der Waals surface area contributed by atoms with E-state index < -0.39 is 0 Å². The van der Waals surface area contributed by atoms with Crippen LogP contribution in [0.25, 0.3) is 0 Å². The second-order valence-corrected chi connectivity index (χ2v) is 6.26. The lowest BCUT2D eigenvalue weighted by Crippen LogP contribution is -2.46. The number of ether oxygens (including phenoxy) is 1. The molecule has 2 N–H and O–H groups in total. The van der Waals surface area contributed by atoms with Gasteiger partial charge in [0.25, 0.3) is 5.91 Å². The van der Waals surface area contributed by atoms with Gasteiger partial charge in [-0.3, -0.25) is 4.79 Å². The SMILES string of the molecule is CC(C)COC(=O)N1CCC(NC(=O)c2cccc(O)c2)CC1. The Labute approximate surface area is 136 Å². The molecule has 6 nitrogen and oxygen atoms in total. The van der Waals surface area contributed by atoms with Crippen molar-refractivity contribution in [2.24, 2.45) is 5.92 Å². The fourth-order valence-electron chi connectivity index (χ4n) is 2.45. The van der Waals surface area contributed by atoms with Crippen molar-refractivity contribution in [3.05, 3.63) is 29.8 Å². The summed E-state index contributed by atoms with van der Waals surface area (Å²) in [5, 5.41) is 12.4. The maximum atomic E-state index is 12.1. The standard InChI is InChI=1S/C17H24N2O4/c1-12(2)11-23-17(22)19-8-6-14(7-9-19)18-16(21)13-4-3-5-15(20)10-13/h3-5,10,12,14,20H,6-9,11H2,1-2H3,(H,18,21). The van der Waals surface area contributed by atoms with E-state index in [1.165, 1.54) is 12.1 Å². The van der Waals surface area contributed by atoms with Crippen molar-refractivity contribution in [2.45, 2.75) is 32.7 Å². The third-order valence-corrected chi connectivity index (χ3v) is 3.74. The van der Waals surface area contributed by atoms with Crippen LogP contribution < -0.4 is 5.32 Å². The van der Waals surface area contributed by atoms with Crippen molar-refractivity contribution in [1.29, 1.82) is 0 Å². The first-order valence-corrected chi connectivity index (χ1v) is 7.97. The Balaban J connectivity index is 1.78. The molecule has 0 aliphatic carbocycles. The van der Waals surface area contributed by atoms with Crippen LogP contribution in [0.4, 0.5) is 4.79 Å². The number of phenolic OH excluding ortho intramolecular Hbond substituents is 1. The summed E-state index contributed by atoms with van der Waals surface area (Å²) >= 11 is 0. The number of phenols is 1. The highest BCUT2D eigenvalue weighted by Gasteiger charge is 2.25. The van der Waals surface area contributed by atoms with E-state index in [4.69, 9.17) is 4.74 Å². The van der Waals surface area contributed by atoms with E-state index in [9.17, 15) is 14.7 Å². The van der Waals surface area contributed by atoms with Crippen LogP contribution in [-0.2, 0) is 4.74 Å². The molecule has 1 aromatic carbocycles. The number of piperidine rings is 1. The number of carbonyl (C=O) groups is 2. The molecule has 1 saturated heterocycles. The summed E-state index contributed by atoms with van der Waals surface area (Å²) in [6, 6.07) is 6.29. The largest absolute Gasteiger partial charge is 0.508 e. The molecule has 1 aliphatic heterocycles. The Bertz CT molecular complexity index is 551. The fourth-order valence-corrected chi connectivity index (χ4v) is 2.45. The van der Waals surface area contributed by atoms with Crippen molar-refractivity contribution in [2.75, 3.05) is 19.7 Å². The van der Waals surface area contributed by atoms with Gasteiger partial charge in [0.15, 0.2) is 0 Å².